The van der Waals surface area contributed by atoms with Crippen molar-refractivity contribution >= 4 is 35.0 Å². The van der Waals surface area contributed by atoms with E-state index in [1.165, 1.54) is 12.0 Å². The summed E-state index contributed by atoms with van der Waals surface area (Å²) in [5, 5.41) is 3.20. The van der Waals surface area contributed by atoms with Crippen molar-refractivity contribution in [2.24, 2.45) is 35.5 Å². The molecular formula is C21H21ClN2O4. The van der Waals surface area contributed by atoms with E-state index in [0.29, 0.717) is 28.3 Å². The van der Waals surface area contributed by atoms with E-state index in [1.54, 1.807) is 25.1 Å². The van der Waals surface area contributed by atoms with Gasteiger partial charge in [-0.1, -0.05) is 23.8 Å². The Hall–Kier alpha value is -2.34. The van der Waals surface area contributed by atoms with Crippen molar-refractivity contribution in [3.63, 3.8) is 0 Å². The molecule has 4 aliphatic carbocycles. The molecule has 6 rings (SSSR count). The number of nitrogens with one attached hydrogen (secondary N) is 1. The molecule has 5 aliphatic rings. The number of likely N-dealkylation sites (tertiary alicyclic amines) is 1. The van der Waals surface area contributed by atoms with Gasteiger partial charge < -0.3 is 10.1 Å². The van der Waals surface area contributed by atoms with Gasteiger partial charge in [-0.3, -0.25) is 19.3 Å². The van der Waals surface area contributed by atoms with E-state index >= 15 is 0 Å². The Kier molecular flexibility index (Phi) is 3.85. The SMILES string of the molecule is COc1ccc(Cl)cc1NC(=O)[C@H](C)N1C(=O)[C@@H]2[C@H]3C=C[C@@H]([C@@H]4C[C@@H]34)[C@H]2C1=O. The molecule has 1 heterocycles. The third-order valence-corrected chi connectivity index (χ3v) is 7.12. The fourth-order valence-electron chi connectivity index (χ4n) is 5.49. The Labute approximate surface area is 167 Å². The molecule has 0 spiro atoms. The number of hydrogen-bond acceptors (Lipinski definition) is 4. The van der Waals surface area contributed by atoms with E-state index in [9.17, 15) is 14.4 Å². The van der Waals surface area contributed by atoms with Gasteiger partial charge in [0.25, 0.3) is 0 Å². The first-order valence-electron chi connectivity index (χ1n) is 9.62. The Balaban J connectivity index is 1.38. The Bertz CT molecular complexity index is 893. The second kappa shape index (κ2) is 6.08. The molecular weight excluding hydrogens is 380 g/mol. The summed E-state index contributed by atoms with van der Waals surface area (Å²) >= 11 is 6.02. The van der Waals surface area contributed by atoms with E-state index in [4.69, 9.17) is 16.3 Å². The molecule has 146 valence electrons. The summed E-state index contributed by atoms with van der Waals surface area (Å²) in [4.78, 5) is 40.3. The van der Waals surface area contributed by atoms with Gasteiger partial charge >= 0.3 is 0 Å². The maximum absolute atomic E-state index is 13.1. The van der Waals surface area contributed by atoms with Gasteiger partial charge in [-0.25, -0.2) is 0 Å². The minimum Gasteiger partial charge on any atom is -0.495 e. The van der Waals surface area contributed by atoms with Crippen LogP contribution < -0.4 is 10.1 Å². The molecule has 3 fully saturated rings. The second-order valence-electron chi connectivity index (χ2n) is 8.21. The van der Waals surface area contributed by atoms with Crippen molar-refractivity contribution in [2.75, 3.05) is 12.4 Å². The molecule has 1 N–H and O–H groups in total. The number of hydrogen-bond donors (Lipinski definition) is 1. The molecule has 6 nitrogen and oxygen atoms in total. The van der Waals surface area contributed by atoms with Crippen molar-refractivity contribution in [1.82, 2.24) is 4.90 Å². The van der Waals surface area contributed by atoms with Gasteiger partial charge in [0.15, 0.2) is 0 Å². The number of amides is 3. The monoisotopic (exact) mass is 400 g/mol. The fraction of sp³-hybridized carbons (Fsp3) is 0.476. The molecule has 0 radical (unpaired) electrons. The van der Waals surface area contributed by atoms with Crippen LogP contribution in [0.15, 0.2) is 30.4 Å². The lowest BCUT2D eigenvalue weighted by molar-refractivity contribution is -0.146. The van der Waals surface area contributed by atoms with Crippen molar-refractivity contribution in [3.05, 3.63) is 35.4 Å². The molecule has 1 aliphatic heterocycles. The van der Waals surface area contributed by atoms with Gasteiger partial charge in [0.2, 0.25) is 17.7 Å². The topological polar surface area (TPSA) is 75.7 Å². The minimum atomic E-state index is -0.898. The predicted molar refractivity (Wildman–Crippen MR) is 103 cm³/mol. The molecule has 0 unspecified atom stereocenters. The zero-order valence-corrected chi connectivity index (χ0v) is 16.3. The maximum atomic E-state index is 13.1. The predicted octanol–water partition coefficient (Wildman–Crippen LogP) is 2.73. The van der Waals surface area contributed by atoms with Crippen molar-refractivity contribution < 1.29 is 19.1 Å². The first kappa shape index (κ1) is 17.7. The average Bonchev–Trinajstić information content (AvgIpc) is 3.45. The average molecular weight is 401 g/mol. The first-order valence-corrected chi connectivity index (χ1v) is 10.00. The third kappa shape index (κ3) is 2.37. The molecule has 1 aromatic carbocycles. The van der Waals surface area contributed by atoms with Gasteiger partial charge in [-0.2, -0.15) is 0 Å². The first-order chi connectivity index (χ1) is 13.4. The summed E-state index contributed by atoms with van der Waals surface area (Å²) in [7, 11) is 1.49. The lowest BCUT2D eigenvalue weighted by Crippen LogP contribution is -2.46. The molecule has 2 bridgehead atoms. The quantitative estimate of drug-likeness (QED) is 0.622. The summed E-state index contributed by atoms with van der Waals surface area (Å²) in [6.07, 6.45) is 5.35. The number of halogens is 1. The lowest BCUT2D eigenvalue weighted by atomic mass is 9.63. The van der Waals surface area contributed by atoms with E-state index in [2.05, 4.69) is 17.5 Å². The Morgan fingerprint density at radius 2 is 1.79 bits per heavy atom. The van der Waals surface area contributed by atoms with Gasteiger partial charge in [0.05, 0.1) is 24.6 Å². The summed E-state index contributed by atoms with van der Waals surface area (Å²) < 4.78 is 5.25. The van der Waals surface area contributed by atoms with Gasteiger partial charge in [-0.05, 0) is 55.2 Å². The molecule has 28 heavy (non-hydrogen) atoms. The molecule has 2 saturated carbocycles. The number of methoxy groups -OCH3 is 1. The van der Waals surface area contributed by atoms with Crippen LogP contribution in [-0.2, 0) is 14.4 Å². The highest BCUT2D eigenvalue weighted by Crippen LogP contribution is 2.65. The molecule has 0 aromatic heterocycles. The van der Waals surface area contributed by atoms with Crippen LogP contribution in [0.5, 0.6) is 5.75 Å². The van der Waals surface area contributed by atoms with Crippen LogP contribution in [0.25, 0.3) is 0 Å². The summed E-state index contributed by atoms with van der Waals surface area (Å²) in [5.74, 6) is 0.353. The van der Waals surface area contributed by atoms with Gasteiger partial charge in [-0.15, -0.1) is 0 Å². The highest BCUT2D eigenvalue weighted by Gasteiger charge is 2.67. The van der Waals surface area contributed by atoms with Crippen LogP contribution in [0.1, 0.15) is 13.3 Å². The molecule has 1 aromatic rings. The van der Waals surface area contributed by atoms with Crippen LogP contribution >= 0.6 is 11.6 Å². The molecule has 7 atom stereocenters. The maximum Gasteiger partial charge on any atom is 0.247 e. The van der Waals surface area contributed by atoms with Crippen LogP contribution in [0.2, 0.25) is 5.02 Å². The molecule has 7 heteroatoms. The summed E-state index contributed by atoms with van der Waals surface area (Å²) in [6.45, 7) is 1.59. The van der Waals surface area contributed by atoms with E-state index < -0.39 is 11.9 Å². The number of carbonyl (C=O) groups excluding carboxylic acids is 3. The van der Waals surface area contributed by atoms with E-state index in [-0.39, 0.29) is 35.5 Å². The number of imide groups is 1. The normalized spacial score (nSPS) is 35.5. The lowest BCUT2D eigenvalue weighted by Gasteiger charge is -2.37. The molecule has 1 saturated heterocycles. The number of carbonyl (C=O) groups is 3. The fourth-order valence-corrected chi connectivity index (χ4v) is 5.67. The van der Waals surface area contributed by atoms with E-state index in [1.807, 2.05) is 0 Å². The second-order valence-corrected chi connectivity index (χ2v) is 8.65. The van der Waals surface area contributed by atoms with Gasteiger partial charge in [0.1, 0.15) is 11.8 Å². The molecule has 3 amide bonds. The summed E-state index contributed by atoms with van der Waals surface area (Å²) in [6, 6.07) is 3.99. The van der Waals surface area contributed by atoms with Crippen LogP contribution in [0.3, 0.4) is 0 Å². The zero-order chi connectivity index (χ0) is 19.7. The van der Waals surface area contributed by atoms with Crippen LogP contribution in [0, 0.1) is 35.5 Å². The number of rotatable bonds is 4. The minimum absolute atomic E-state index is 0.143. The van der Waals surface area contributed by atoms with Crippen LogP contribution in [0.4, 0.5) is 5.69 Å². The smallest absolute Gasteiger partial charge is 0.247 e. The zero-order valence-electron chi connectivity index (χ0n) is 15.6. The number of allylic oxidation sites excluding steroid dienone is 2. The van der Waals surface area contributed by atoms with Crippen molar-refractivity contribution in [2.45, 2.75) is 19.4 Å². The number of ether oxygens (including phenoxy) is 1. The number of anilines is 1. The summed E-state index contributed by atoms with van der Waals surface area (Å²) in [5.41, 5.74) is 0.409. The van der Waals surface area contributed by atoms with Crippen molar-refractivity contribution in [1.29, 1.82) is 0 Å². The Morgan fingerprint density at radius 3 is 2.36 bits per heavy atom. The van der Waals surface area contributed by atoms with E-state index in [0.717, 1.165) is 6.42 Å². The van der Waals surface area contributed by atoms with Crippen molar-refractivity contribution in [3.8, 4) is 5.75 Å². The largest absolute Gasteiger partial charge is 0.495 e. The highest BCUT2D eigenvalue weighted by molar-refractivity contribution is 6.31. The Morgan fingerprint density at radius 1 is 1.18 bits per heavy atom. The van der Waals surface area contributed by atoms with Gasteiger partial charge in [0, 0.05) is 5.02 Å². The number of benzene rings is 1. The van der Waals surface area contributed by atoms with Crippen LogP contribution in [-0.4, -0.2) is 35.8 Å². The number of nitrogens with zero attached hydrogens (tertiary/aromatic N) is 1. The third-order valence-electron chi connectivity index (χ3n) is 6.88. The highest BCUT2D eigenvalue weighted by atomic mass is 35.5. The standard InChI is InChI=1S/C21H21ClN2O4/c1-9(19(25)23-15-7-10(22)3-6-16(15)28-2)24-20(26)17-11-4-5-12(14-8-13(11)14)18(17)21(24)27/h3-7,9,11-14,17-18H,8H2,1-2H3,(H,23,25)/t9-,11-,12-,13-,14-,17+,18+/m0/s1.